The Morgan fingerprint density at radius 2 is 1.94 bits per heavy atom. The quantitative estimate of drug-likeness (QED) is 0.532. The minimum absolute atomic E-state index is 0.00711. The molecule has 0 aliphatic heterocycles. The van der Waals surface area contributed by atoms with Gasteiger partial charge in [-0.25, -0.2) is 0 Å². The molecule has 1 unspecified atom stereocenters. The van der Waals surface area contributed by atoms with Gasteiger partial charge in [0.25, 0.3) is 0 Å². The second kappa shape index (κ2) is 7.81. The number of hydrogen-bond acceptors (Lipinski definition) is 4. The fourth-order valence-corrected chi connectivity index (χ4v) is 1.57. The van der Waals surface area contributed by atoms with Gasteiger partial charge in [0, 0.05) is 5.69 Å². The molecule has 0 aliphatic carbocycles. The molecule has 18 heavy (non-hydrogen) atoms. The van der Waals surface area contributed by atoms with E-state index in [-0.39, 0.29) is 12.5 Å². The molecule has 0 aromatic heterocycles. The minimum atomic E-state index is -0.505. The zero-order valence-electron chi connectivity index (χ0n) is 10.4. The molecule has 0 bridgehead atoms. The van der Waals surface area contributed by atoms with E-state index in [1.165, 1.54) is 0 Å². The van der Waals surface area contributed by atoms with Crippen molar-refractivity contribution in [2.45, 2.75) is 31.9 Å². The van der Waals surface area contributed by atoms with Gasteiger partial charge in [0.1, 0.15) is 0 Å². The van der Waals surface area contributed by atoms with Gasteiger partial charge in [-0.15, -0.1) is 0 Å². The first-order chi connectivity index (χ1) is 8.67. The second-order valence-electron chi connectivity index (χ2n) is 4.24. The maximum atomic E-state index is 11.7. The van der Waals surface area contributed by atoms with Gasteiger partial charge >= 0.3 is 0 Å². The molecule has 0 fully saturated rings. The Bertz CT molecular complexity index is 365. The number of unbranched alkanes of at least 4 members (excludes halogenated alkanes) is 1. The maximum Gasteiger partial charge on any atom is 0.241 e. The van der Waals surface area contributed by atoms with Crippen molar-refractivity contribution in [3.8, 4) is 0 Å². The average molecular weight is 251 g/mol. The summed E-state index contributed by atoms with van der Waals surface area (Å²) in [7, 11) is 0. The number of rotatable bonds is 7. The van der Waals surface area contributed by atoms with E-state index >= 15 is 0 Å². The summed E-state index contributed by atoms with van der Waals surface area (Å²) in [5.74, 6) is -0.191. The second-order valence-corrected chi connectivity index (χ2v) is 4.24. The number of amides is 1. The van der Waals surface area contributed by atoms with Crippen LogP contribution in [0.3, 0.4) is 0 Å². The van der Waals surface area contributed by atoms with Crippen LogP contribution in [0.2, 0.25) is 0 Å². The van der Waals surface area contributed by atoms with Crippen LogP contribution in [0.5, 0.6) is 0 Å². The Balaban J connectivity index is 2.42. The first kappa shape index (κ1) is 14.6. The van der Waals surface area contributed by atoms with Crippen LogP contribution < -0.4 is 16.8 Å². The maximum absolute atomic E-state index is 11.7. The van der Waals surface area contributed by atoms with Crippen molar-refractivity contribution in [1.29, 1.82) is 0 Å². The highest BCUT2D eigenvalue weighted by molar-refractivity contribution is 5.94. The number of benzene rings is 1. The summed E-state index contributed by atoms with van der Waals surface area (Å²) >= 11 is 0. The van der Waals surface area contributed by atoms with Gasteiger partial charge in [0.15, 0.2) is 0 Å². The lowest BCUT2D eigenvalue weighted by molar-refractivity contribution is -0.117. The molecule has 0 heterocycles. The first-order valence-corrected chi connectivity index (χ1v) is 6.13. The summed E-state index contributed by atoms with van der Waals surface area (Å²) in [5, 5.41) is 11.6. The van der Waals surface area contributed by atoms with Crippen molar-refractivity contribution >= 4 is 11.6 Å². The highest BCUT2D eigenvalue weighted by atomic mass is 16.3. The van der Waals surface area contributed by atoms with Gasteiger partial charge in [-0.1, -0.05) is 18.6 Å². The third-order valence-electron chi connectivity index (χ3n) is 2.71. The fourth-order valence-electron chi connectivity index (χ4n) is 1.57. The molecule has 0 aliphatic rings. The highest BCUT2D eigenvalue weighted by Gasteiger charge is 2.12. The third kappa shape index (κ3) is 4.83. The molecule has 6 N–H and O–H groups in total. The van der Waals surface area contributed by atoms with Crippen molar-refractivity contribution in [3.63, 3.8) is 0 Å². The normalized spacial score (nSPS) is 12.2. The minimum Gasteiger partial charge on any atom is -0.392 e. The summed E-state index contributed by atoms with van der Waals surface area (Å²) < 4.78 is 0. The molecule has 1 amide bonds. The number of nitrogens with two attached hydrogens (primary N) is 2. The topological polar surface area (TPSA) is 101 Å². The number of nitrogens with one attached hydrogen (secondary N) is 1. The number of anilines is 1. The number of carbonyl (C=O) groups is 1. The molecule has 1 aromatic rings. The van der Waals surface area contributed by atoms with E-state index in [2.05, 4.69) is 5.32 Å². The molecule has 0 radical (unpaired) electrons. The molecular formula is C13H21N3O2. The van der Waals surface area contributed by atoms with Crippen LogP contribution in [-0.4, -0.2) is 23.6 Å². The van der Waals surface area contributed by atoms with E-state index in [9.17, 15) is 4.79 Å². The van der Waals surface area contributed by atoms with Gasteiger partial charge in [-0.05, 0) is 37.1 Å². The predicted molar refractivity (Wildman–Crippen MR) is 71.9 cm³/mol. The van der Waals surface area contributed by atoms with Crippen LogP contribution in [-0.2, 0) is 11.4 Å². The predicted octanol–water partition coefficient (Wildman–Crippen LogP) is 0.574. The molecule has 100 valence electrons. The van der Waals surface area contributed by atoms with E-state index in [1.807, 2.05) is 0 Å². The summed E-state index contributed by atoms with van der Waals surface area (Å²) in [6, 6.07) is 6.51. The monoisotopic (exact) mass is 251 g/mol. The Morgan fingerprint density at radius 1 is 1.28 bits per heavy atom. The molecule has 1 atom stereocenters. The molecule has 1 rings (SSSR count). The van der Waals surface area contributed by atoms with Gasteiger partial charge in [-0.2, -0.15) is 0 Å². The van der Waals surface area contributed by atoms with E-state index in [1.54, 1.807) is 24.3 Å². The number of aliphatic hydroxyl groups excluding tert-OH is 1. The van der Waals surface area contributed by atoms with E-state index < -0.39 is 6.04 Å². The lowest BCUT2D eigenvalue weighted by Crippen LogP contribution is -2.35. The molecule has 5 nitrogen and oxygen atoms in total. The summed E-state index contributed by atoms with van der Waals surface area (Å²) in [6.45, 7) is 0.615. The number of hydrogen-bond donors (Lipinski definition) is 4. The lowest BCUT2D eigenvalue weighted by atomic mass is 10.1. The number of aliphatic hydroxyl groups is 1. The Labute approximate surface area is 107 Å². The van der Waals surface area contributed by atoms with E-state index in [4.69, 9.17) is 16.6 Å². The van der Waals surface area contributed by atoms with Crippen molar-refractivity contribution in [2.75, 3.05) is 11.9 Å². The van der Waals surface area contributed by atoms with Crippen LogP contribution in [0, 0.1) is 0 Å². The molecule has 1 aromatic carbocycles. The highest BCUT2D eigenvalue weighted by Crippen LogP contribution is 2.10. The zero-order chi connectivity index (χ0) is 13.4. The standard InChI is InChI=1S/C13H21N3O2/c14-8-2-1-3-12(15)13(18)16-11-6-4-10(9-17)5-7-11/h4-7,12,17H,1-3,8-9,14-15H2,(H,16,18). The first-order valence-electron chi connectivity index (χ1n) is 6.13. The van der Waals surface area contributed by atoms with Crippen molar-refractivity contribution in [3.05, 3.63) is 29.8 Å². The van der Waals surface area contributed by atoms with Crippen LogP contribution in [0.4, 0.5) is 5.69 Å². The van der Waals surface area contributed by atoms with Crippen molar-refractivity contribution in [2.24, 2.45) is 11.5 Å². The van der Waals surface area contributed by atoms with Gasteiger partial charge in [-0.3, -0.25) is 4.79 Å². The van der Waals surface area contributed by atoms with Crippen molar-refractivity contribution in [1.82, 2.24) is 0 Å². The summed E-state index contributed by atoms with van der Waals surface area (Å²) in [6.07, 6.45) is 2.37. The SMILES string of the molecule is NCCCCC(N)C(=O)Nc1ccc(CO)cc1. The molecule has 0 saturated carbocycles. The smallest absolute Gasteiger partial charge is 0.241 e. The zero-order valence-corrected chi connectivity index (χ0v) is 10.4. The fraction of sp³-hybridized carbons (Fsp3) is 0.462. The summed E-state index contributed by atoms with van der Waals surface area (Å²) in [4.78, 5) is 11.7. The van der Waals surface area contributed by atoms with Crippen LogP contribution >= 0.6 is 0 Å². The van der Waals surface area contributed by atoms with Gasteiger partial charge in [0.2, 0.25) is 5.91 Å². The Morgan fingerprint density at radius 3 is 2.50 bits per heavy atom. The average Bonchev–Trinajstić information content (AvgIpc) is 2.39. The lowest BCUT2D eigenvalue weighted by Gasteiger charge is -2.12. The third-order valence-corrected chi connectivity index (χ3v) is 2.71. The Hall–Kier alpha value is -1.43. The molecular weight excluding hydrogens is 230 g/mol. The van der Waals surface area contributed by atoms with Crippen LogP contribution in [0.1, 0.15) is 24.8 Å². The Kier molecular flexibility index (Phi) is 6.35. The molecule has 0 spiro atoms. The number of carbonyl (C=O) groups excluding carboxylic acids is 1. The molecule has 5 heteroatoms. The van der Waals surface area contributed by atoms with Gasteiger partial charge < -0.3 is 21.9 Å². The largest absolute Gasteiger partial charge is 0.392 e. The van der Waals surface area contributed by atoms with Crippen LogP contribution in [0.15, 0.2) is 24.3 Å². The molecule has 0 saturated heterocycles. The van der Waals surface area contributed by atoms with E-state index in [0.29, 0.717) is 18.7 Å². The van der Waals surface area contributed by atoms with Crippen molar-refractivity contribution < 1.29 is 9.90 Å². The summed E-state index contributed by atoms with van der Waals surface area (Å²) in [5.41, 5.74) is 12.6. The van der Waals surface area contributed by atoms with Gasteiger partial charge in [0.05, 0.1) is 12.6 Å². The van der Waals surface area contributed by atoms with E-state index in [0.717, 1.165) is 18.4 Å². The van der Waals surface area contributed by atoms with Crippen LogP contribution in [0.25, 0.3) is 0 Å².